The summed E-state index contributed by atoms with van der Waals surface area (Å²) >= 11 is 0. The number of nitrogens with zero attached hydrogens (tertiary/aromatic N) is 2. The average molecular weight is 482 g/mol. The van der Waals surface area contributed by atoms with Crippen LogP contribution in [0.25, 0.3) is 0 Å². The number of hydrogen-bond acceptors (Lipinski definition) is 7. The third-order valence-electron chi connectivity index (χ3n) is 5.65. The number of amides is 2. The molecule has 1 atom stereocenters. The van der Waals surface area contributed by atoms with Crippen LogP contribution in [0.15, 0.2) is 53.1 Å². The lowest BCUT2D eigenvalue weighted by atomic mass is 10.0. The number of benzene rings is 2. The summed E-state index contributed by atoms with van der Waals surface area (Å²) in [6.45, 7) is 7.02. The van der Waals surface area contributed by atoms with E-state index in [1.54, 1.807) is 25.3 Å². The highest BCUT2D eigenvalue weighted by atomic mass is 28.3. The molecule has 2 amide bonds. The van der Waals surface area contributed by atoms with Gasteiger partial charge in [0.1, 0.15) is 24.1 Å². The molecule has 0 radical (unpaired) electrons. The molecule has 10 heteroatoms. The number of aromatic hydroxyl groups is 1. The highest BCUT2D eigenvalue weighted by molar-refractivity contribution is 6.88. The molecular formula is C24H27N3O6Si. The molecule has 9 nitrogen and oxygen atoms in total. The first-order valence-electron chi connectivity index (χ1n) is 10.9. The minimum absolute atomic E-state index is 0.115. The standard InChI is InChI=1S/C24H27N3O6Si/c1-31-16-7-10-18-19(13-16)32-12-11-27(24(30)20-14-21(28)26-33-20)22(18)23(29)25-15-5-8-17(9-6-15)34(2,3)4/h5-10,13-14,22H,11-12H2,1-4H3,(H,25,29)(H,26,28). The fraction of sp³-hybridized carbons (Fsp3) is 0.292. The molecule has 3 aromatic rings. The molecule has 0 spiro atoms. The quantitative estimate of drug-likeness (QED) is 0.538. The van der Waals surface area contributed by atoms with Crippen LogP contribution >= 0.6 is 0 Å². The van der Waals surface area contributed by atoms with E-state index < -0.39 is 31.8 Å². The van der Waals surface area contributed by atoms with Gasteiger partial charge in [0.05, 0.1) is 27.8 Å². The van der Waals surface area contributed by atoms with Crippen molar-refractivity contribution in [2.24, 2.45) is 0 Å². The second-order valence-electron chi connectivity index (χ2n) is 9.02. The van der Waals surface area contributed by atoms with E-state index in [1.807, 2.05) is 24.3 Å². The third kappa shape index (κ3) is 4.76. The summed E-state index contributed by atoms with van der Waals surface area (Å²) in [7, 11) is 0.0569. The number of carbonyl (C=O) groups is 2. The average Bonchev–Trinajstić information content (AvgIpc) is 3.14. The lowest BCUT2D eigenvalue weighted by Crippen LogP contribution is -2.42. The number of fused-ring (bicyclic) bond motifs is 1. The van der Waals surface area contributed by atoms with Gasteiger partial charge < -0.3 is 29.3 Å². The normalized spacial score (nSPS) is 15.6. The molecular weight excluding hydrogens is 454 g/mol. The van der Waals surface area contributed by atoms with Gasteiger partial charge in [0.25, 0.3) is 17.7 Å². The van der Waals surface area contributed by atoms with E-state index in [4.69, 9.17) is 14.0 Å². The fourth-order valence-corrected chi connectivity index (χ4v) is 4.98. The first-order valence-corrected chi connectivity index (χ1v) is 14.4. The second-order valence-corrected chi connectivity index (χ2v) is 14.1. The first kappa shape index (κ1) is 23.4. The number of ether oxygens (including phenoxy) is 2. The fourth-order valence-electron chi connectivity index (χ4n) is 3.82. The van der Waals surface area contributed by atoms with Crippen LogP contribution < -0.4 is 20.0 Å². The van der Waals surface area contributed by atoms with Crippen LogP contribution in [0.1, 0.15) is 22.2 Å². The summed E-state index contributed by atoms with van der Waals surface area (Å²) in [5.74, 6) is -0.567. The van der Waals surface area contributed by atoms with E-state index in [0.29, 0.717) is 22.7 Å². The lowest BCUT2D eigenvalue weighted by molar-refractivity contribution is -0.120. The molecule has 178 valence electrons. The lowest BCUT2D eigenvalue weighted by Gasteiger charge is -2.28. The Bertz CT molecular complexity index is 1200. The summed E-state index contributed by atoms with van der Waals surface area (Å²) in [4.78, 5) is 28.2. The zero-order valence-corrected chi connectivity index (χ0v) is 20.5. The Labute approximate surface area is 198 Å². The molecule has 1 aliphatic rings. The predicted molar refractivity (Wildman–Crippen MR) is 128 cm³/mol. The number of anilines is 1. The van der Waals surface area contributed by atoms with Crippen molar-refractivity contribution >= 4 is 30.8 Å². The van der Waals surface area contributed by atoms with Gasteiger partial charge in [-0.15, -0.1) is 0 Å². The van der Waals surface area contributed by atoms with Crippen LogP contribution in [0, 0.1) is 0 Å². The van der Waals surface area contributed by atoms with Gasteiger partial charge in [-0.05, 0) is 29.4 Å². The Morgan fingerprint density at radius 1 is 1.15 bits per heavy atom. The van der Waals surface area contributed by atoms with E-state index in [0.717, 1.165) is 6.07 Å². The van der Waals surface area contributed by atoms with Gasteiger partial charge in [-0.25, -0.2) is 0 Å². The molecule has 1 aliphatic heterocycles. The summed E-state index contributed by atoms with van der Waals surface area (Å²) in [5, 5.41) is 17.1. The van der Waals surface area contributed by atoms with Gasteiger partial charge in [-0.3, -0.25) is 9.59 Å². The second kappa shape index (κ2) is 9.22. The van der Waals surface area contributed by atoms with Crippen molar-refractivity contribution in [3.63, 3.8) is 0 Å². The minimum atomic E-state index is -1.48. The monoisotopic (exact) mass is 481 g/mol. The van der Waals surface area contributed by atoms with Crippen LogP contribution in [0.3, 0.4) is 0 Å². The summed E-state index contributed by atoms with van der Waals surface area (Å²) in [6, 6.07) is 13.0. The van der Waals surface area contributed by atoms with Crippen molar-refractivity contribution in [2.45, 2.75) is 25.7 Å². The SMILES string of the molecule is COc1ccc2c(c1)OCCN(C(=O)c1cc(O)no1)C2C(=O)Nc1ccc([Si](C)(C)C)cc1. The molecule has 2 heterocycles. The van der Waals surface area contributed by atoms with Gasteiger partial charge in [0, 0.05) is 17.3 Å². The van der Waals surface area contributed by atoms with Crippen LogP contribution in [0.5, 0.6) is 17.4 Å². The van der Waals surface area contributed by atoms with Crippen LogP contribution in [-0.4, -0.2) is 55.3 Å². The Morgan fingerprint density at radius 3 is 2.50 bits per heavy atom. The molecule has 2 aromatic carbocycles. The van der Waals surface area contributed by atoms with Gasteiger partial charge >= 0.3 is 0 Å². The van der Waals surface area contributed by atoms with Gasteiger partial charge in [0.15, 0.2) is 0 Å². The maximum atomic E-state index is 13.6. The Kier molecular flexibility index (Phi) is 6.34. The van der Waals surface area contributed by atoms with Crippen molar-refractivity contribution in [3.05, 3.63) is 59.9 Å². The molecule has 0 aliphatic carbocycles. The highest BCUT2D eigenvalue weighted by Crippen LogP contribution is 2.36. The van der Waals surface area contributed by atoms with Crippen molar-refractivity contribution in [3.8, 4) is 17.4 Å². The summed E-state index contributed by atoms with van der Waals surface area (Å²) in [5.41, 5.74) is 1.13. The third-order valence-corrected chi connectivity index (χ3v) is 7.72. The van der Waals surface area contributed by atoms with E-state index >= 15 is 0 Å². The molecule has 0 saturated heterocycles. The molecule has 0 fully saturated rings. The van der Waals surface area contributed by atoms with Crippen molar-refractivity contribution in [1.29, 1.82) is 0 Å². The number of carbonyl (C=O) groups excluding carboxylic acids is 2. The predicted octanol–water partition coefficient (Wildman–Crippen LogP) is 3.15. The molecule has 0 saturated carbocycles. The number of aromatic nitrogens is 1. The largest absolute Gasteiger partial charge is 0.497 e. The van der Waals surface area contributed by atoms with Crippen molar-refractivity contribution in [2.75, 3.05) is 25.6 Å². The van der Waals surface area contributed by atoms with Crippen LogP contribution in [-0.2, 0) is 4.79 Å². The Hall–Kier alpha value is -3.79. The zero-order chi connectivity index (χ0) is 24.5. The number of nitrogens with one attached hydrogen (secondary N) is 1. The zero-order valence-electron chi connectivity index (χ0n) is 19.5. The molecule has 2 N–H and O–H groups in total. The molecule has 0 bridgehead atoms. The maximum absolute atomic E-state index is 13.6. The van der Waals surface area contributed by atoms with Crippen LogP contribution in [0.4, 0.5) is 5.69 Å². The Balaban J connectivity index is 1.70. The minimum Gasteiger partial charge on any atom is -0.497 e. The number of rotatable bonds is 5. The van der Waals surface area contributed by atoms with E-state index in [2.05, 4.69) is 30.1 Å². The van der Waals surface area contributed by atoms with E-state index in [-0.39, 0.29) is 18.9 Å². The maximum Gasteiger partial charge on any atom is 0.293 e. The Morgan fingerprint density at radius 2 is 1.88 bits per heavy atom. The smallest absolute Gasteiger partial charge is 0.293 e. The molecule has 1 aromatic heterocycles. The summed E-state index contributed by atoms with van der Waals surface area (Å²) < 4.78 is 16.1. The van der Waals surface area contributed by atoms with Crippen LogP contribution in [0.2, 0.25) is 19.6 Å². The molecule has 34 heavy (non-hydrogen) atoms. The van der Waals surface area contributed by atoms with Gasteiger partial charge in [-0.1, -0.05) is 37.0 Å². The number of hydrogen-bond donors (Lipinski definition) is 2. The topological polar surface area (TPSA) is 114 Å². The van der Waals surface area contributed by atoms with Gasteiger partial charge in [0.2, 0.25) is 5.76 Å². The first-order chi connectivity index (χ1) is 16.2. The van der Waals surface area contributed by atoms with E-state index in [1.165, 1.54) is 10.1 Å². The number of methoxy groups -OCH3 is 1. The van der Waals surface area contributed by atoms with Gasteiger partial charge in [-0.2, -0.15) is 0 Å². The summed E-state index contributed by atoms with van der Waals surface area (Å²) in [6.07, 6.45) is 0. The molecule has 4 rings (SSSR count). The van der Waals surface area contributed by atoms with E-state index in [9.17, 15) is 14.7 Å². The highest BCUT2D eigenvalue weighted by Gasteiger charge is 2.37. The molecule has 1 unspecified atom stereocenters. The van der Waals surface area contributed by atoms with Crippen molar-refractivity contribution < 1.29 is 28.7 Å². The van der Waals surface area contributed by atoms with Crippen molar-refractivity contribution in [1.82, 2.24) is 10.1 Å².